The van der Waals surface area contributed by atoms with Crippen LogP contribution in [0.4, 0.5) is 10.2 Å². The van der Waals surface area contributed by atoms with Gasteiger partial charge in [0.15, 0.2) is 0 Å². The van der Waals surface area contributed by atoms with Crippen molar-refractivity contribution >= 4 is 17.6 Å². The van der Waals surface area contributed by atoms with Crippen LogP contribution in [-0.4, -0.2) is 48.0 Å². The molecule has 0 unspecified atom stereocenters. The van der Waals surface area contributed by atoms with Crippen molar-refractivity contribution in [3.8, 4) is 11.1 Å². The lowest BCUT2D eigenvalue weighted by Gasteiger charge is -2.41. The third-order valence-corrected chi connectivity index (χ3v) is 9.37. The molecule has 2 aliphatic rings. The molecule has 3 aromatic rings. The van der Waals surface area contributed by atoms with E-state index in [-0.39, 0.29) is 29.6 Å². The molecule has 0 bridgehead atoms. The zero-order valence-electron chi connectivity index (χ0n) is 25.8. The van der Waals surface area contributed by atoms with Crippen LogP contribution in [0.1, 0.15) is 113 Å². The normalized spacial score (nSPS) is 17.4. The van der Waals surface area contributed by atoms with Gasteiger partial charge >= 0.3 is 0 Å². The van der Waals surface area contributed by atoms with Gasteiger partial charge in [0.25, 0.3) is 5.91 Å². The summed E-state index contributed by atoms with van der Waals surface area (Å²) in [6, 6.07) is 2.38. The second-order valence-electron chi connectivity index (χ2n) is 12.5. The first-order chi connectivity index (χ1) is 20.8. The number of hydrogen-bond acceptors (Lipinski definition) is 6. The maximum Gasteiger partial charge on any atom is 0.271 e. The zero-order valence-corrected chi connectivity index (χ0v) is 25.8. The molecule has 0 saturated heterocycles. The van der Waals surface area contributed by atoms with Crippen molar-refractivity contribution in [3.63, 3.8) is 0 Å². The van der Waals surface area contributed by atoms with Crippen LogP contribution in [0.25, 0.3) is 11.1 Å². The van der Waals surface area contributed by atoms with Crippen LogP contribution >= 0.6 is 0 Å². The van der Waals surface area contributed by atoms with Gasteiger partial charge in [-0.05, 0) is 57.1 Å². The van der Waals surface area contributed by atoms with E-state index in [2.05, 4.69) is 36.1 Å². The molecule has 10 nitrogen and oxygen atoms in total. The minimum atomic E-state index is -0.804. The molecule has 0 radical (unpaired) electrons. The van der Waals surface area contributed by atoms with E-state index in [1.807, 2.05) is 27.7 Å². The summed E-state index contributed by atoms with van der Waals surface area (Å²) in [5.41, 5.74) is 2.86. The van der Waals surface area contributed by atoms with Crippen LogP contribution in [0.15, 0.2) is 18.3 Å². The predicted molar refractivity (Wildman–Crippen MR) is 163 cm³/mol. The number of anilines is 1. The molecule has 2 amide bonds. The van der Waals surface area contributed by atoms with Crippen molar-refractivity contribution in [1.29, 1.82) is 0 Å². The van der Waals surface area contributed by atoms with Crippen LogP contribution in [0.2, 0.25) is 0 Å². The van der Waals surface area contributed by atoms with E-state index in [0.29, 0.717) is 35.1 Å². The minimum absolute atomic E-state index is 0.0299. The largest absolute Gasteiger partial charge is 0.339 e. The lowest BCUT2D eigenvalue weighted by atomic mass is 9.66. The van der Waals surface area contributed by atoms with Gasteiger partial charge in [0.2, 0.25) is 11.9 Å². The van der Waals surface area contributed by atoms with Gasteiger partial charge in [0.05, 0.1) is 11.9 Å². The second kappa shape index (κ2) is 13.8. The Morgan fingerprint density at radius 2 is 1.70 bits per heavy atom. The highest BCUT2D eigenvalue weighted by Crippen LogP contribution is 2.42. The minimum Gasteiger partial charge on any atom is -0.339 e. The van der Waals surface area contributed by atoms with Crippen LogP contribution in [0.3, 0.4) is 0 Å². The molecule has 3 aromatic heterocycles. The molecule has 0 aromatic carbocycles. The molecule has 43 heavy (non-hydrogen) atoms. The summed E-state index contributed by atoms with van der Waals surface area (Å²) in [6.45, 7) is 7.68. The van der Waals surface area contributed by atoms with Crippen LogP contribution < -0.4 is 10.6 Å². The van der Waals surface area contributed by atoms with E-state index >= 15 is 4.39 Å². The number of nitrogens with one attached hydrogen (secondary N) is 3. The van der Waals surface area contributed by atoms with E-state index in [4.69, 9.17) is 0 Å². The average Bonchev–Trinajstić information content (AvgIpc) is 3.65. The lowest BCUT2D eigenvalue weighted by Crippen LogP contribution is -2.53. The Labute approximate surface area is 253 Å². The van der Waals surface area contributed by atoms with Gasteiger partial charge in [-0.1, -0.05) is 76.3 Å². The van der Waals surface area contributed by atoms with Crippen molar-refractivity contribution < 1.29 is 14.0 Å². The van der Waals surface area contributed by atoms with Crippen molar-refractivity contribution in [3.05, 3.63) is 41.4 Å². The second-order valence-corrected chi connectivity index (χ2v) is 12.5. The lowest BCUT2D eigenvalue weighted by molar-refractivity contribution is -0.121. The molecule has 3 N–H and O–H groups in total. The Kier molecular flexibility index (Phi) is 9.87. The standard InChI is InChI=1S/C32H45FN8O2/c1-5-24-27(20(4)38-39-24)23-16-17-26(35-30(23)33)36-32(43)29(37-31(42)25-18-34-40-41(25)19(2)3)28(21-12-8-6-9-13-21)22-14-10-7-11-15-22/h16-19,21-22,28-29H,5-15H2,1-4H3,(H,37,42)(H,38,39)(H,35,36,43)/t29-/m0/s1. The van der Waals surface area contributed by atoms with Gasteiger partial charge in [0, 0.05) is 22.9 Å². The summed E-state index contributed by atoms with van der Waals surface area (Å²) in [5.74, 6) is -0.698. The van der Waals surface area contributed by atoms with Crippen LogP contribution in [0.5, 0.6) is 0 Å². The number of amides is 2. The number of nitrogens with zero attached hydrogens (tertiary/aromatic N) is 5. The number of halogens is 1. The fourth-order valence-electron chi connectivity index (χ4n) is 7.29. The SMILES string of the molecule is CCc1n[nH]c(C)c1-c1ccc(NC(=O)[C@@H](NC(=O)c2cnnn2C(C)C)C(C2CCCCC2)C2CCCCC2)nc1F. The third-order valence-electron chi connectivity index (χ3n) is 9.37. The van der Waals surface area contributed by atoms with Crippen LogP contribution in [-0.2, 0) is 11.2 Å². The molecule has 232 valence electrons. The fourth-order valence-corrected chi connectivity index (χ4v) is 7.29. The summed E-state index contributed by atoms with van der Waals surface area (Å²) < 4.78 is 17.0. The molecule has 2 fully saturated rings. The number of hydrogen-bond donors (Lipinski definition) is 3. The summed E-state index contributed by atoms with van der Waals surface area (Å²) in [5, 5.41) is 21.2. The van der Waals surface area contributed by atoms with E-state index in [9.17, 15) is 9.59 Å². The fraction of sp³-hybridized carbons (Fsp3) is 0.625. The Morgan fingerprint density at radius 1 is 1.05 bits per heavy atom. The highest BCUT2D eigenvalue weighted by molar-refractivity contribution is 6.00. The number of aromatic nitrogens is 6. The highest BCUT2D eigenvalue weighted by Gasteiger charge is 2.41. The van der Waals surface area contributed by atoms with E-state index in [1.165, 1.54) is 19.0 Å². The highest BCUT2D eigenvalue weighted by atomic mass is 19.1. The van der Waals surface area contributed by atoms with Gasteiger partial charge in [0.1, 0.15) is 17.6 Å². The van der Waals surface area contributed by atoms with E-state index in [1.54, 1.807) is 16.8 Å². The van der Waals surface area contributed by atoms with Crippen molar-refractivity contribution in [2.75, 3.05) is 5.32 Å². The number of pyridine rings is 1. The average molecular weight is 593 g/mol. The van der Waals surface area contributed by atoms with Gasteiger partial charge in [-0.25, -0.2) is 9.67 Å². The zero-order chi connectivity index (χ0) is 30.5. The molecular formula is C32H45FN8O2. The first kappa shape index (κ1) is 30.8. The third kappa shape index (κ3) is 6.80. The topological polar surface area (TPSA) is 130 Å². The molecule has 2 aliphatic carbocycles. The summed E-state index contributed by atoms with van der Waals surface area (Å²) >= 11 is 0. The molecule has 2 saturated carbocycles. The number of carbonyl (C=O) groups excluding carboxylic acids is 2. The number of aryl methyl sites for hydroxylation is 2. The Morgan fingerprint density at radius 3 is 2.28 bits per heavy atom. The van der Waals surface area contributed by atoms with Crippen LogP contribution in [0, 0.1) is 30.6 Å². The van der Waals surface area contributed by atoms with Gasteiger partial charge < -0.3 is 10.6 Å². The first-order valence-electron chi connectivity index (χ1n) is 16.0. The number of carbonyl (C=O) groups is 2. The van der Waals surface area contributed by atoms with Gasteiger partial charge in [-0.15, -0.1) is 5.10 Å². The summed E-state index contributed by atoms with van der Waals surface area (Å²) in [7, 11) is 0. The molecule has 11 heteroatoms. The number of H-pyrrole nitrogens is 1. The van der Waals surface area contributed by atoms with E-state index < -0.39 is 12.0 Å². The predicted octanol–water partition coefficient (Wildman–Crippen LogP) is 6.17. The Hall–Kier alpha value is -3.63. The van der Waals surface area contributed by atoms with Gasteiger partial charge in [-0.2, -0.15) is 9.49 Å². The quantitative estimate of drug-likeness (QED) is 0.242. The molecule has 0 aliphatic heterocycles. The van der Waals surface area contributed by atoms with Crippen molar-refractivity contribution in [2.24, 2.45) is 17.8 Å². The maximum absolute atomic E-state index is 15.4. The molecule has 0 spiro atoms. The molecule has 1 atom stereocenters. The Bertz CT molecular complexity index is 1390. The first-order valence-corrected chi connectivity index (χ1v) is 16.0. The van der Waals surface area contributed by atoms with Gasteiger partial charge in [-0.3, -0.25) is 14.7 Å². The van der Waals surface area contributed by atoms with Crippen molar-refractivity contribution in [1.82, 2.24) is 35.5 Å². The smallest absolute Gasteiger partial charge is 0.271 e. The maximum atomic E-state index is 15.4. The number of rotatable bonds is 10. The monoisotopic (exact) mass is 592 g/mol. The van der Waals surface area contributed by atoms with Crippen molar-refractivity contribution in [2.45, 2.75) is 110 Å². The Balaban J connectivity index is 1.46. The molecule has 3 heterocycles. The van der Waals surface area contributed by atoms with E-state index in [0.717, 1.165) is 62.8 Å². The summed E-state index contributed by atoms with van der Waals surface area (Å²) in [4.78, 5) is 32.1. The molecule has 5 rings (SSSR count). The number of aromatic amines is 1. The summed E-state index contributed by atoms with van der Waals surface area (Å²) in [6.07, 6.45) is 13.1. The molecular weight excluding hydrogens is 547 g/mol.